The van der Waals surface area contributed by atoms with Crippen LogP contribution in [0.25, 0.3) is 0 Å². The van der Waals surface area contributed by atoms with Gasteiger partial charge in [0.05, 0.1) is 13.2 Å². The normalized spacial score (nSPS) is 28.8. The van der Waals surface area contributed by atoms with Crippen molar-refractivity contribution in [3.8, 4) is 0 Å². The number of fused-ring (bicyclic) bond motifs is 3. The summed E-state index contributed by atoms with van der Waals surface area (Å²) in [5.41, 5.74) is -1.66. The van der Waals surface area contributed by atoms with Gasteiger partial charge in [-0.2, -0.15) is 5.01 Å². The lowest BCUT2D eigenvalue weighted by Gasteiger charge is -2.50. The quantitative estimate of drug-likeness (QED) is 0.518. The number of nitrogens with zero attached hydrogens (tertiary/aromatic N) is 3. The van der Waals surface area contributed by atoms with E-state index in [0.29, 0.717) is 24.9 Å². The van der Waals surface area contributed by atoms with E-state index in [1.54, 1.807) is 38.1 Å². The number of esters is 1. The van der Waals surface area contributed by atoms with Crippen LogP contribution in [-0.4, -0.2) is 74.8 Å². The van der Waals surface area contributed by atoms with Gasteiger partial charge >= 0.3 is 18.2 Å². The average Bonchev–Trinajstić information content (AvgIpc) is 3.34. The number of hydrogen-bond donors (Lipinski definition) is 1. The van der Waals surface area contributed by atoms with E-state index >= 15 is 0 Å². The van der Waals surface area contributed by atoms with Gasteiger partial charge in [-0.25, -0.2) is 19.4 Å². The van der Waals surface area contributed by atoms with Crippen molar-refractivity contribution in [2.45, 2.75) is 57.7 Å². The van der Waals surface area contributed by atoms with Crippen LogP contribution in [0.5, 0.6) is 0 Å². The average molecular weight is 461 g/mol. The third-order valence-electron chi connectivity index (χ3n) is 5.93. The molecule has 11 heteroatoms. The summed E-state index contributed by atoms with van der Waals surface area (Å²) in [4.78, 5) is 52.9. The molecule has 0 spiro atoms. The largest absolute Gasteiger partial charge is 0.516 e. The molecule has 1 N–H and O–H groups in total. The standard InChI is InChI=1S/C22H27N3O8/c1-14(2)13-31-20(29)32-18(27)21(3)17(26)25-22(30,33-21)16-10-7-11-23(16)19(28)24(25)12-15-8-5-4-6-9-15/h4-6,8-9,14,16,30H,7,10-13H2,1-3H3/t16-,21+,22-/m0/s1. The van der Waals surface area contributed by atoms with Gasteiger partial charge in [-0.05, 0) is 31.2 Å². The molecule has 1 aromatic rings. The van der Waals surface area contributed by atoms with Crippen molar-refractivity contribution in [1.29, 1.82) is 0 Å². The fraction of sp³-hybridized carbons (Fsp3) is 0.545. The molecule has 3 saturated heterocycles. The SMILES string of the molecule is CC(C)COC(=O)OC(=O)[C@]1(C)O[C@@]2(O)[C@@H]3CCCN3C(=O)N(Cc3ccccc3)N2C1=O. The first-order valence-corrected chi connectivity index (χ1v) is 10.9. The molecule has 0 aromatic heterocycles. The Morgan fingerprint density at radius 2 is 1.94 bits per heavy atom. The van der Waals surface area contributed by atoms with E-state index in [0.717, 1.165) is 16.9 Å². The second-order valence-electron chi connectivity index (χ2n) is 8.93. The zero-order valence-electron chi connectivity index (χ0n) is 18.7. The minimum Gasteiger partial charge on any atom is -0.434 e. The fourth-order valence-electron chi connectivity index (χ4n) is 4.31. The molecule has 33 heavy (non-hydrogen) atoms. The second kappa shape index (κ2) is 8.31. The maximum absolute atomic E-state index is 13.5. The van der Waals surface area contributed by atoms with E-state index in [-0.39, 0.29) is 19.1 Å². The molecule has 4 rings (SSSR count). The number of hydrazine groups is 1. The summed E-state index contributed by atoms with van der Waals surface area (Å²) in [5.74, 6) is -4.64. The predicted molar refractivity (Wildman–Crippen MR) is 111 cm³/mol. The van der Waals surface area contributed by atoms with Crippen LogP contribution in [0.2, 0.25) is 0 Å². The fourth-order valence-corrected chi connectivity index (χ4v) is 4.31. The van der Waals surface area contributed by atoms with Crippen molar-refractivity contribution < 1.29 is 38.5 Å². The lowest BCUT2D eigenvalue weighted by molar-refractivity contribution is -0.338. The maximum atomic E-state index is 13.5. The van der Waals surface area contributed by atoms with E-state index in [1.807, 2.05) is 6.07 Å². The molecule has 0 bridgehead atoms. The molecule has 0 saturated carbocycles. The van der Waals surface area contributed by atoms with E-state index in [4.69, 9.17) is 14.2 Å². The van der Waals surface area contributed by atoms with Crippen molar-refractivity contribution in [3.05, 3.63) is 35.9 Å². The Balaban J connectivity index is 1.64. The molecule has 1 aromatic carbocycles. The molecular formula is C22H27N3O8. The highest BCUT2D eigenvalue weighted by molar-refractivity contribution is 6.09. The Morgan fingerprint density at radius 1 is 1.24 bits per heavy atom. The number of carbonyl (C=O) groups is 4. The molecule has 3 aliphatic rings. The van der Waals surface area contributed by atoms with Gasteiger partial charge in [0.1, 0.15) is 6.04 Å². The minimum absolute atomic E-state index is 0.00759. The van der Waals surface area contributed by atoms with Crippen molar-refractivity contribution in [2.75, 3.05) is 13.2 Å². The summed E-state index contributed by atoms with van der Waals surface area (Å²) in [6.45, 7) is 5.06. The van der Waals surface area contributed by atoms with E-state index in [1.165, 1.54) is 4.90 Å². The van der Waals surface area contributed by atoms with Crippen LogP contribution in [0, 0.1) is 5.92 Å². The molecule has 0 aliphatic carbocycles. The highest BCUT2D eigenvalue weighted by Gasteiger charge is 2.72. The lowest BCUT2D eigenvalue weighted by Crippen LogP contribution is -2.72. The number of rotatable bonds is 5. The van der Waals surface area contributed by atoms with Crippen molar-refractivity contribution in [1.82, 2.24) is 14.9 Å². The van der Waals surface area contributed by atoms with Gasteiger partial charge in [-0.1, -0.05) is 44.2 Å². The van der Waals surface area contributed by atoms with Crippen LogP contribution in [0.1, 0.15) is 39.2 Å². The number of urea groups is 1. The zero-order valence-corrected chi connectivity index (χ0v) is 18.7. The molecule has 3 fully saturated rings. The predicted octanol–water partition coefficient (Wildman–Crippen LogP) is 1.60. The van der Waals surface area contributed by atoms with Gasteiger partial charge in [0.2, 0.25) is 5.60 Å². The van der Waals surface area contributed by atoms with Gasteiger partial charge in [0, 0.05) is 6.54 Å². The van der Waals surface area contributed by atoms with Crippen LogP contribution in [0.15, 0.2) is 30.3 Å². The first-order valence-electron chi connectivity index (χ1n) is 10.9. The molecule has 3 atom stereocenters. The lowest BCUT2D eigenvalue weighted by atomic mass is 10.1. The molecule has 3 aliphatic heterocycles. The first-order chi connectivity index (χ1) is 15.6. The van der Waals surface area contributed by atoms with E-state index in [9.17, 15) is 24.3 Å². The van der Waals surface area contributed by atoms with Crippen LogP contribution < -0.4 is 0 Å². The molecule has 11 nitrogen and oxygen atoms in total. The number of hydrogen-bond acceptors (Lipinski definition) is 8. The van der Waals surface area contributed by atoms with Crippen molar-refractivity contribution in [2.24, 2.45) is 5.92 Å². The van der Waals surface area contributed by atoms with Crippen molar-refractivity contribution in [3.63, 3.8) is 0 Å². The number of carbonyl (C=O) groups excluding carboxylic acids is 4. The Morgan fingerprint density at radius 3 is 2.61 bits per heavy atom. The number of benzene rings is 1. The van der Waals surface area contributed by atoms with Crippen LogP contribution in [0.3, 0.4) is 0 Å². The Kier molecular flexibility index (Phi) is 5.79. The number of amides is 3. The van der Waals surface area contributed by atoms with Crippen LogP contribution >= 0.6 is 0 Å². The zero-order chi connectivity index (χ0) is 24.0. The van der Waals surface area contributed by atoms with Crippen molar-refractivity contribution >= 4 is 24.1 Å². The highest BCUT2D eigenvalue weighted by Crippen LogP contribution is 2.46. The third kappa shape index (κ3) is 3.80. The summed E-state index contributed by atoms with van der Waals surface area (Å²) in [6.07, 6.45) is -0.318. The maximum Gasteiger partial charge on any atom is 0.516 e. The summed E-state index contributed by atoms with van der Waals surface area (Å²) in [7, 11) is 0. The Hall–Kier alpha value is -3.18. The highest BCUT2D eigenvalue weighted by atomic mass is 16.8. The Labute approximate surface area is 190 Å². The Bertz CT molecular complexity index is 970. The van der Waals surface area contributed by atoms with Gasteiger partial charge in [0.25, 0.3) is 11.8 Å². The monoisotopic (exact) mass is 461 g/mol. The molecule has 3 amide bonds. The number of ether oxygens (including phenoxy) is 3. The molecule has 0 radical (unpaired) electrons. The van der Waals surface area contributed by atoms with Gasteiger partial charge in [-0.3, -0.25) is 4.79 Å². The minimum atomic E-state index is -2.36. The third-order valence-corrected chi connectivity index (χ3v) is 5.93. The molecule has 178 valence electrons. The first kappa shape index (κ1) is 23.0. The molecule has 0 unspecified atom stereocenters. The van der Waals surface area contributed by atoms with Gasteiger partial charge in [-0.15, -0.1) is 0 Å². The number of aliphatic hydroxyl groups is 1. The van der Waals surface area contributed by atoms with Gasteiger partial charge < -0.3 is 24.2 Å². The van der Waals surface area contributed by atoms with Gasteiger partial charge in [0.15, 0.2) is 0 Å². The summed E-state index contributed by atoms with van der Waals surface area (Å²) >= 11 is 0. The van der Waals surface area contributed by atoms with Crippen LogP contribution in [0.4, 0.5) is 9.59 Å². The molecular weight excluding hydrogens is 434 g/mol. The van der Waals surface area contributed by atoms with E-state index in [2.05, 4.69) is 0 Å². The summed E-state index contributed by atoms with van der Waals surface area (Å²) in [5, 5.41) is 13.4. The van der Waals surface area contributed by atoms with Crippen LogP contribution in [-0.2, 0) is 30.3 Å². The smallest absolute Gasteiger partial charge is 0.434 e. The molecule has 3 heterocycles. The summed E-state index contributed by atoms with van der Waals surface area (Å²) in [6, 6.07) is 7.54. The second-order valence-corrected chi connectivity index (χ2v) is 8.93. The topological polar surface area (TPSA) is 126 Å². The summed E-state index contributed by atoms with van der Waals surface area (Å²) < 4.78 is 15.2. The van der Waals surface area contributed by atoms with E-state index < -0.39 is 41.6 Å².